The fourth-order valence-corrected chi connectivity index (χ4v) is 2.04. The van der Waals surface area contributed by atoms with Crippen LogP contribution in [0.1, 0.15) is 35.9 Å². The van der Waals surface area contributed by atoms with Gasteiger partial charge in [0.2, 0.25) is 0 Å². The van der Waals surface area contributed by atoms with Crippen molar-refractivity contribution in [3.63, 3.8) is 0 Å². The van der Waals surface area contributed by atoms with Crippen molar-refractivity contribution in [3.05, 3.63) is 35.7 Å². The molecule has 0 saturated heterocycles. The van der Waals surface area contributed by atoms with Gasteiger partial charge in [-0.2, -0.15) is 0 Å². The maximum absolute atomic E-state index is 11.2. The molecule has 0 unspecified atom stereocenters. The Kier molecular flexibility index (Phi) is 3.74. The summed E-state index contributed by atoms with van der Waals surface area (Å²) in [4.78, 5) is 13.2. The molecule has 0 aliphatic rings. The first-order valence-corrected chi connectivity index (χ1v) is 6.38. The molecule has 1 aromatic heterocycles. The van der Waals surface area contributed by atoms with E-state index in [1.807, 2.05) is 57.1 Å². The first kappa shape index (κ1) is 14.0. The number of rotatable bonds is 4. The highest BCUT2D eigenvalue weighted by atomic mass is 16.4. The molecule has 2 aromatic rings. The summed E-state index contributed by atoms with van der Waals surface area (Å²) in [6.07, 6.45) is 0. The number of aromatic nitrogens is 3. The summed E-state index contributed by atoms with van der Waals surface area (Å²) in [7, 11) is 3.93. The highest BCUT2D eigenvalue weighted by molar-refractivity contribution is 5.86. The minimum Gasteiger partial charge on any atom is -0.476 e. The smallest absolute Gasteiger partial charge is 0.358 e. The molecule has 1 aromatic carbocycles. The highest BCUT2D eigenvalue weighted by Gasteiger charge is 2.22. The van der Waals surface area contributed by atoms with Crippen LogP contribution in [0.2, 0.25) is 0 Å². The van der Waals surface area contributed by atoms with Gasteiger partial charge in [-0.3, -0.25) is 0 Å². The van der Waals surface area contributed by atoms with Gasteiger partial charge in [-0.05, 0) is 30.2 Å². The van der Waals surface area contributed by atoms with Crippen molar-refractivity contribution in [1.82, 2.24) is 15.0 Å². The van der Waals surface area contributed by atoms with Crippen LogP contribution in [0.4, 0.5) is 5.69 Å². The lowest BCUT2D eigenvalue weighted by atomic mass is 10.1. The lowest BCUT2D eigenvalue weighted by molar-refractivity contribution is 0.0688. The number of carboxylic acids is 1. The molecular formula is C14H18N4O2. The summed E-state index contributed by atoms with van der Waals surface area (Å²) < 4.78 is 1.59. The molecular weight excluding hydrogens is 256 g/mol. The maximum atomic E-state index is 11.2. The third kappa shape index (κ3) is 2.49. The third-order valence-corrected chi connectivity index (χ3v) is 3.07. The average Bonchev–Trinajstić information content (AvgIpc) is 2.83. The molecule has 0 spiro atoms. The van der Waals surface area contributed by atoms with Gasteiger partial charge in [-0.1, -0.05) is 19.1 Å². The Morgan fingerprint density at radius 1 is 1.25 bits per heavy atom. The second-order valence-electron chi connectivity index (χ2n) is 5.11. The summed E-state index contributed by atoms with van der Waals surface area (Å²) in [5.41, 5.74) is 2.49. The second-order valence-corrected chi connectivity index (χ2v) is 5.11. The van der Waals surface area contributed by atoms with E-state index in [9.17, 15) is 4.79 Å². The number of hydrogen-bond acceptors (Lipinski definition) is 4. The van der Waals surface area contributed by atoms with Crippen LogP contribution >= 0.6 is 0 Å². The molecule has 2 rings (SSSR count). The number of carboxylic acid groups (broad SMARTS) is 1. The summed E-state index contributed by atoms with van der Waals surface area (Å²) in [5.74, 6) is -1.03. The number of hydrogen-bond donors (Lipinski definition) is 1. The van der Waals surface area contributed by atoms with Crippen LogP contribution in [0.5, 0.6) is 0 Å². The van der Waals surface area contributed by atoms with Crippen LogP contribution in [0.3, 0.4) is 0 Å². The summed E-state index contributed by atoms with van der Waals surface area (Å²) >= 11 is 0. The quantitative estimate of drug-likeness (QED) is 0.925. The number of benzene rings is 1. The molecule has 0 fully saturated rings. The summed E-state index contributed by atoms with van der Waals surface area (Å²) in [6, 6.07) is 7.73. The van der Waals surface area contributed by atoms with Crippen LogP contribution in [-0.2, 0) is 0 Å². The van der Waals surface area contributed by atoms with Crippen molar-refractivity contribution in [3.8, 4) is 5.69 Å². The summed E-state index contributed by atoms with van der Waals surface area (Å²) in [5, 5.41) is 16.9. The van der Waals surface area contributed by atoms with Crippen molar-refractivity contribution in [2.75, 3.05) is 19.0 Å². The van der Waals surface area contributed by atoms with Crippen molar-refractivity contribution in [1.29, 1.82) is 0 Å². The predicted molar refractivity (Wildman–Crippen MR) is 76.7 cm³/mol. The molecule has 0 amide bonds. The van der Waals surface area contributed by atoms with Gasteiger partial charge >= 0.3 is 5.97 Å². The van der Waals surface area contributed by atoms with E-state index in [-0.39, 0.29) is 11.6 Å². The minimum absolute atomic E-state index is 0.0108. The zero-order valence-electron chi connectivity index (χ0n) is 12.0. The van der Waals surface area contributed by atoms with Crippen molar-refractivity contribution in [2.45, 2.75) is 19.8 Å². The predicted octanol–water partition coefficient (Wildman–Crippen LogP) is 2.15. The molecule has 1 N–H and O–H groups in total. The number of nitrogens with zero attached hydrogens (tertiary/aromatic N) is 4. The van der Waals surface area contributed by atoms with E-state index in [4.69, 9.17) is 5.11 Å². The Morgan fingerprint density at radius 3 is 2.30 bits per heavy atom. The lowest BCUT2D eigenvalue weighted by Gasteiger charge is -2.14. The number of carbonyl (C=O) groups is 1. The van der Waals surface area contributed by atoms with E-state index in [2.05, 4.69) is 10.3 Å². The highest BCUT2D eigenvalue weighted by Crippen LogP contribution is 2.22. The van der Waals surface area contributed by atoms with E-state index < -0.39 is 5.97 Å². The zero-order chi connectivity index (χ0) is 14.9. The van der Waals surface area contributed by atoms with Crippen LogP contribution in [0.25, 0.3) is 5.69 Å². The Balaban J connectivity index is 2.49. The second kappa shape index (κ2) is 5.32. The summed E-state index contributed by atoms with van der Waals surface area (Å²) in [6.45, 7) is 3.85. The third-order valence-electron chi connectivity index (χ3n) is 3.07. The number of anilines is 1. The molecule has 6 nitrogen and oxygen atoms in total. The monoisotopic (exact) mass is 274 g/mol. The van der Waals surface area contributed by atoms with E-state index in [0.717, 1.165) is 11.4 Å². The van der Waals surface area contributed by atoms with Gasteiger partial charge in [-0.25, -0.2) is 9.48 Å². The van der Waals surface area contributed by atoms with Crippen molar-refractivity contribution >= 4 is 11.7 Å². The van der Waals surface area contributed by atoms with E-state index >= 15 is 0 Å². The van der Waals surface area contributed by atoms with Gasteiger partial charge in [0.05, 0.1) is 11.4 Å². The maximum Gasteiger partial charge on any atom is 0.358 e. The van der Waals surface area contributed by atoms with Crippen LogP contribution in [0.15, 0.2) is 24.3 Å². The minimum atomic E-state index is -1.05. The molecule has 0 aliphatic heterocycles. The van der Waals surface area contributed by atoms with Gasteiger partial charge in [0.1, 0.15) is 0 Å². The Bertz CT molecular complexity index is 615. The lowest BCUT2D eigenvalue weighted by Crippen LogP contribution is -2.10. The van der Waals surface area contributed by atoms with Gasteiger partial charge in [0, 0.05) is 19.8 Å². The van der Waals surface area contributed by atoms with Gasteiger partial charge in [-0.15, -0.1) is 5.10 Å². The Morgan fingerprint density at radius 2 is 1.85 bits per heavy atom. The first-order valence-electron chi connectivity index (χ1n) is 6.38. The van der Waals surface area contributed by atoms with E-state index in [0.29, 0.717) is 5.69 Å². The van der Waals surface area contributed by atoms with Gasteiger partial charge < -0.3 is 10.0 Å². The average molecular weight is 274 g/mol. The van der Waals surface area contributed by atoms with Crippen LogP contribution < -0.4 is 4.90 Å². The molecule has 0 atom stereocenters. The largest absolute Gasteiger partial charge is 0.476 e. The zero-order valence-corrected chi connectivity index (χ0v) is 12.0. The van der Waals surface area contributed by atoms with E-state index in [1.54, 1.807) is 4.68 Å². The van der Waals surface area contributed by atoms with Gasteiger partial charge in [0.15, 0.2) is 5.69 Å². The standard InChI is InChI=1S/C14H18N4O2/c1-9(2)13-12(14(19)20)15-16-18(13)11-7-5-10(6-8-11)17(3)4/h5-9H,1-4H3,(H,19,20). The molecule has 0 aliphatic carbocycles. The van der Waals surface area contributed by atoms with Crippen molar-refractivity contribution < 1.29 is 9.90 Å². The van der Waals surface area contributed by atoms with E-state index in [1.165, 1.54) is 0 Å². The molecule has 0 saturated carbocycles. The molecule has 106 valence electrons. The van der Waals surface area contributed by atoms with Crippen LogP contribution in [-0.4, -0.2) is 40.2 Å². The fraction of sp³-hybridized carbons (Fsp3) is 0.357. The Labute approximate surface area is 117 Å². The fourth-order valence-electron chi connectivity index (χ4n) is 2.04. The molecule has 0 bridgehead atoms. The molecule has 1 heterocycles. The molecule has 0 radical (unpaired) electrons. The Hall–Kier alpha value is -2.37. The van der Waals surface area contributed by atoms with Crippen LogP contribution in [0, 0.1) is 0 Å². The normalized spacial score (nSPS) is 10.8. The van der Waals surface area contributed by atoms with Gasteiger partial charge in [0.25, 0.3) is 0 Å². The first-order chi connectivity index (χ1) is 9.41. The molecule has 20 heavy (non-hydrogen) atoms. The topological polar surface area (TPSA) is 71.2 Å². The SMILES string of the molecule is CC(C)c1c(C(=O)O)nnn1-c1ccc(N(C)C)cc1. The van der Waals surface area contributed by atoms with Crippen molar-refractivity contribution in [2.24, 2.45) is 0 Å². The number of aromatic carboxylic acids is 1. The molecule has 6 heteroatoms.